The Bertz CT molecular complexity index is 947. The van der Waals surface area contributed by atoms with Crippen molar-refractivity contribution in [2.45, 2.75) is 12.8 Å². The summed E-state index contributed by atoms with van der Waals surface area (Å²) < 4.78 is 0. The number of hydrogen-bond donors (Lipinski definition) is 2. The summed E-state index contributed by atoms with van der Waals surface area (Å²) >= 11 is 1.59. The summed E-state index contributed by atoms with van der Waals surface area (Å²) in [5.74, 6) is 0.554. The minimum Gasteiger partial charge on any atom is -0.370 e. The van der Waals surface area contributed by atoms with Gasteiger partial charge in [0.25, 0.3) is 0 Å². The SMILES string of the molecule is O=C(/C=C/c1cccs1)Nc1ccc(Nc2cc(N3CCCC3)cnn2)cc1. The third-order valence-corrected chi connectivity index (χ3v) is 5.32. The van der Waals surface area contributed by atoms with E-state index in [1.54, 1.807) is 17.5 Å². The number of nitrogens with one attached hydrogen (secondary N) is 2. The molecule has 2 aromatic heterocycles. The van der Waals surface area contributed by atoms with E-state index in [2.05, 4.69) is 25.7 Å². The largest absolute Gasteiger partial charge is 0.370 e. The Morgan fingerprint density at radius 3 is 2.64 bits per heavy atom. The second kappa shape index (κ2) is 8.67. The van der Waals surface area contributed by atoms with Crippen LogP contribution in [0.15, 0.2) is 60.1 Å². The van der Waals surface area contributed by atoms with E-state index in [0.717, 1.165) is 35.0 Å². The van der Waals surface area contributed by atoms with Crippen LogP contribution in [0.4, 0.5) is 22.9 Å². The van der Waals surface area contributed by atoms with Crippen molar-refractivity contribution in [1.82, 2.24) is 10.2 Å². The number of anilines is 4. The maximum absolute atomic E-state index is 12.0. The summed E-state index contributed by atoms with van der Waals surface area (Å²) in [6.45, 7) is 2.14. The fourth-order valence-corrected chi connectivity index (χ4v) is 3.70. The summed E-state index contributed by atoms with van der Waals surface area (Å²) in [4.78, 5) is 15.4. The molecule has 28 heavy (non-hydrogen) atoms. The van der Waals surface area contributed by atoms with Crippen molar-refractivity contribution in [3.8, 4) is 0 Å². The Hall–Kier alpha value is -3.19. The van der Waals surface area contributed by atoms with E-state index in [9.17, 15) is 4.79 Å². The van der Waals surface area contributed by atoms with Gasteiger partial charge in [-0.3, -0.25) is 4.79 Å². The van der Waals surface area contributed by atoms with Gasteiger partial charge in [-0.1, -0.05) is 6.07 Å². The van der Waals surface area contributed by atoms with Gasteiger partial charge in [-0.25, -0.2) is 0 Å². The average molecular weight is 392 g/mol. The van der Waals surface area contributed by atoms with Crippen molar-refractivity contribution in [3.05, 3.63) is 65.0 Å². The zero-order chi connectivity index (χ0) is 19.2. The minimum atomic E-state index is -0.154. The number of nitrogens with zero attached hydrogens (tertiary/aromatic N) is 3. The van der Waals surface area contributed by atoms with Gasteiger partial charge in [0, 0.05) is 41.5 Å². The van der Waals surface area contributed by atoms with Gasteiger partial charge < -0.3 is 15.5 Å². The van der Waals surface area contributed by atoms with Crippen LogP contribution < -0.4 is 15.5 Å². The topological polar surface area (TPSA) is 70.2 Å². The molecule has 142 valence electrons. The first-order chi connectivity index (χ1) is 13.8. The van der Waals surface area contributed by atoms with Gasteiger partial charge in [-0.05, 0) is 54.6 Å². The monoisotopic (exact) mass is 391 g/mol. The van der Waals surface area contributed by atoms with Crippen molar-refractivity contribution in [2.75, 3.05) is 28.6 Å². The molecule has 0 spiro atoms. The predicted octanol–water partition coefficient (Wildman–Crippen LogP) is 4.53. The molecule has 0 aliphatic carbocycles. The van der Waals surface area contributed by atoms with Crippen LogP contribution in [0.2, 0.25) is 0 Å². The minimum absolute atomic E-state index is 0.154. The molecule has 1 aliphatic heterocycles. The van der Waals surface area contributed by atoms with Gasteiger partial charge in [0.15, 0.2) is 5.82 Å². The lowest BCUT2D eigenvalue weighted by molar-refractivity contribution is -0.111. The number of aromatic nitrogens is 2. The zero-order valence-corrected chi connectivity index (χ0v) is 16.2. The standard InChI is InChI=1S/C21H21N5OS/c27-21(10-9-19-4-3-13-28-19)24-17-7-5-16(6-8-17)23-20-14-18(15-22-25-20)26-11-1-2-12-26/h3-10,13-15H,1-2,11-12H2,(H,23,25)(H,24,27)/b10-9+. The zero-order valence-electron chi connectivity index (χ0n) is 15.3. The van der Waals surface area contributed by atoms with Crippen molar-refractivity contribution in [3.63, 3.8) is 0 Å². The highest BCUT2D eigenvalue weighted by atomic mass is 32.1. The van der Waals surface area contributed by atoms with Crippen molar-refractivity contribution in [2.24, 2.45) is 0 Å². The van der Waals surface area contributed by atoms with Gasteiger partial charge >= 0.3 is 0 Å². The molecule has 3 heterocycles. The Morgan fingerprint density at radius 1 is 1.11 bits per heavy atom. The molecular weight excluding hydrogens is 370 g/mol. The maximum Gasteiger partial charge on any atom is 0.248 e. The number of carbonyl (C=O) groups excluding carboxylic acids is 1. The molecule has 3 aromatic rings. The molecule has 1 saturated heterocycles. The van der Waals surface area contributed by atoms with E-state index in [-0.39, 0.29) is 5.91 Å². The van der Waals surface area contributed by atoms with E-state index >= 15 is 0 Å². The quantitative estimate of drug-likeness (QED) is 0.604. The van der Waals surface area contributed by atoms with Gasteiger partial charge in [0.2, 0.25) is 5.91 Å². The van der Waals surface area contributed by atoms with Crippen LogP contribution in [0.3, 0.4) is 0 Å². The van der Waals surface area contributed by atoms with Crippen LogP contribution in [0.25, 0.3) is 6.08 Å². The normalized spacial score (nSPS) is 13.8. The lowest BCUT2D eigenvalue weighted by Crippen LogP contribution is -2.18. The molecule has 6 nitrogen and oxygen atoms in total. The second-order valence-electron chi connectivity index (χ2n) is 6.53. The Kier molecular flexibility index (Phi) is 5.63. The summed E-state index contributed by atoms with van der Waals surface area (Å²) in [6, 6.07) is 13.5. The van der Waals surface area contributed by atoms with E-state index in [1.807, 2.05) is 53.9 Å². The summed E-state index contributed by atoms with van der Waals surface area (Å²) in [5.41, 5.74) is 2.72. The molecule has 0 atom stereocenters. The molecule has 0 radical (unpaired) electrons. The number of thiophene rings is 1. The van der Waals surface area contributed by atoms with E-state index < -0.39 is 0 Å². The fourth-order valence-electron chi connectivity index (χ4n) is 3.08. The van der Waals surface area contributed by atoms with Crippen molar-refractivity contribution < 1.29 is 4.79 Å². The molecule has 0 unspecified atom stereocenters. The fraction of sp³-hybridized carbons (Fsp3) is 0.190. The van der Waals surface area contributed by atoms with Gasteiger partial charge in [0.1, 0.15) is 0 Å². The first-order valence-electron chi connectivity index (χ1n) is 9.24. The lowest BCUT2D eigenvalue weighted by Gasteiger charge is -2.17. The highest BCUT2D eigenvalue weighted by Crippen LogP contribution is 2.23. The molecule has 4 rings (SSSR count). The van der Waals surface area contributed by atoms with Gasteiger partial charge in [-0.2, -0.15) is 5.10 Å². The summed E-state index contributed by atoms with van der Waals surface area (Å²) in [5, 5.41) is 16.4. The molecular formula is C21H21N5OS. The van der Waals surface area contributed by atoms with E-state index in [4.69, 9.17) is 0 Å². The summed E-state index contributed by atoms with van der Waals surface area (Å²) in [6.07, 6.45) is 7.60. The number of benzene rings is 1. The third-order valence-electron chi connectivity index (χ3n) is 4.48. The molecule has 0 bridgehead atoms. The number of carbonyl (C=O) groups is 1. The van der Waals surface area contributed by atoms with Crippen LogP contribution in [0.1, 0.15) is 17.7 Å². The van der Waals surface area contributed by atoms with Crippen molar-refractivity contribution >= 4 is 46.2 Å². The third kappa shape index (κ3) is 4.75. The van der Waals surface area contributed by atoms with Gasteiger partial charge in [0.05, 0.1) is 11.9 Å². The predicted molar refractivity (Wildman–Crippen MR) is 115 cm³/mol. The number of rotatable bonds is 6. The summed E-state index contributed by atoms with van der Waals surface area (Å²) in [7, 11) is 0. The number of amides is 1. The first kappa shape index (κ1) is 18.2. The lowest BCUT2D eigenvalue weighted by atomic mass is 10.2. The highest BCUT2D eigenvalue weighted by molar-refractivity contribution is 7.10. The molecule has 1 aromatic carbocycles. The first-order valence-corrected chi connectivity index (χ1v) is 10.1. The van der Waals surface area contributed by atoms with E-state index in [0.29, 0.717) is 5.82 Å². The highest BCUT2D eigenvalue weighted by Gasteiger charge is 2.13. The molecule has 1 aliphatic rings. The van der Waals surface area contributed by atoms with Crippen LogP contribution in [0, 0.1) is 0 Å². The molecule has 0 saturated carbocycles. The molecule has 1 fully saturated rings. The molecule has 1 amide bonds. The van der Waals surface area contributed by atoms with Gasteiger partial charge in [-0.15, -0.1) is 16.4 Å². The van der Waals surface area contributed by atoms with Crippen LogP contribution in [-0.2, 0) is 4.79 Å². The Balaban J connectivity index is 1.35. The van der Waals surface area contributed by atoms with E-state index in [1.165, 1.54) is 18.9 Å². The molecule has 2 N–H and O–H groups in total. The van der Waals surface area contributed by atoms with Crippen LogP contribution in [-0.4, -0.2) is 29.2 Å². The van der Waals surface area contributed by atoms with Crippen molar-refractivity contribution in [1.29, 1.82) is 0 Å². The molecule has 7 heteroatoms. The average Bonchev–Trinajstić information content (AvgIpc) is 3.42. The van der Waals surface area contributed by atoms with Crippen LogP contribution in [0.5, 0.6) is 0 Å². The van der Waals surface area contributed by atoms with Crippen LogP contribution >= 0.6 is 11.3 Å². The number of hydrogen-bond acceptors (Lipinski definition) is 6. The smallest absolute Gasteiger partial charge is 0.248 e. The second-order valence-corrected chi connectivity index (χ2v) is 7.51. The maximum atomic E-state index is 12.0. The Labute approximate surface area is 167 Å². The Morgan fingerprint density at radius 2 is 1.89 bits per heavy atom.